The molecule has 1 aliphatic rings. The highest BCUT2D eigenvalue weighted by Crippen LogP contribution is 2.05. The Morgan fingerprint density at radius 2 is 2.43 bits per heavy atom. The van der Waals surface area contributed by atoms with E-state index in [1.54, 1.807) is 0 Å². The second-order valence-corrected chi connectivity index (χ2v) is 1.53. The zero-order valence-electron chi connectivity index (χ0n) is 4.18. The molecule has 0 aromatic heterocycles. The van der Waals surface area contributed by atoms with Crippen LogP contribution >= 0.6 is 0 Å². The number of hydrogen-bond acceptors (Lipinski definition) is 1. The van der Waals surface area contributed by atoms with Gasteiger partial charge in [-0.25, -0.2) is 0 Å². The predicted octanol–water partition coefficient (Wildman–Crippen LogP) is 1.48. The van der Waals surface area contributed by atoms with Gasteiger partial charge in [-0.3, -0.25) is 0 Å². The quantitative estimate of drug-likeness (QED) is 0.415. The van der Waals surface area contributed by atoms with Gasteiger partial charge in [-0.2, -0.15) is 0 Å². The third kappa shape index (κ3) is 1.07. The minimum atomic E-state index is 0.707. The van der Waals surface area contributed by atoms with E-state index in [0.29, 0.717) is 6.61 Å². The highest BCUT2D eigenvalue weighted by Gasteiger charge is 1.93. The molecule has 0 radical (unpaired) electrons. The maximum atomic E-state index is 5.00. The molecule has 0 saturated carbocycles. The molecule has 7 heavy (non-hydrogen) atoms. The zero-order valence-corrected chi connectivity index (χ0v) is 4.18. The van der Waals surface area contributed by atoms with Crippen molar-refractivity contribution in [3.8, 4) is 0 Å². The smallest absolute Gasteiger partial charge is 0.106 e. The van der Waals surface area contributed by atoms with Crippen molar-refractivity contribution in [1.29, 1.82) is 0 Å². The van der Waals surface area contributed by atoms with E-state index in [-0.39, 0.29) is 0 Å². The first kappa shape index (κ1) is 4.44. The number of ether oxygens (including phenoxy) is 1. The molecular weight excluding hydrogens is 88.1 g/mol. The van der Waals surface area contributed by atoms with Crippen molar-refractivity contribution in [2.24, 2.45) is 0 Å². The second-order valence-electron chi connectivity index (χ2n) is 1.53. The molecule has 1 aliphatic heterocycles. The Morgan fingerprint density at radius 1 is 1.57 bits per heavy atom. The van der Waals surface area contributed by atoms with Crippen molar-refractivity contribution in [2.45, 2.75) is 6.42 Å². The lowest BCUT2D eigenvalue weighted by molar-refractivity contribution is 0.235. The fourth-order valence-corrected chi connectivity index (χ4v) is 0.508. The number of hydrogen-bond donors (Lipinski definition) is 0. The average Bonchev–Trinajstić information content (AvgIpc) is 1.69. The summed E-state index contributed by atoms with van der Waals surface area (Å²) in [7, 11) is 0. The summed E-state index contributed by atoms with van der Waals surface area (Å²) in [6, 6.07) is 0. The third-order valence-electron chi connectivity index (χ3n) is 0.896. The molecule has 1 heterocycles. The lowest BCUT2D eigenvalue weighted by Gasteiger charge is -2.07. The van der Waals surface area contributed by atoms with Crippen molar-refractivity contribution in [3.05, 3.63) is 24.5 Å². The number of allylic oxidation sites excluding steroid dienone is 1. The van der Waals surface area contributed by atoms with Gasteiger partial charge in [-0.1, -0.05) is 18.7 Å². The normalized spacial score (nSPS) is 19.1. The summed E-state index contributed by atoms with van der Waals surface area (Å²) >= 11 is 0. The van der Waals surface area contributed by atoms with Gasteiger partial charge < -0.3 is 4.74 Å². The van der Waals surface area contributed by atoms with Crippen LogP contribution in [0.3, 0.4) is 0 Å². The van der Waals surface area contributed by atoms with Crippen LogP contribution in [0.1, 0.15) is 6.42 Å². The van der Waals surface area contributed by atoms with Crippen molar-refractivity contribution in [1.82, 2.24) is 0 Å². The molecule has 1 heteroatoms. The minimum absolute atomic E-state index is 0.707. The molecule has 0 unspecified atom stereocenters. The molecule has 38 valence electrons. The Kier molecular flexibility index (Phi) is 1.16. The molecule has 0 saturated heterocycles. The van der Waals surface area contributed by atoms with Crippen LogP contribution in [0.2, 0.25) is 0 Å². The Morgan fingerprint density at radius 3 is 2.71 bits per heavy atom. The van der Waals surface area contributed by atoms with Crippen molar-refractivity contribution in [2.75, 3.05) is 6.61 Å². The number of rotatable bonds is 0. The Bertz CT molecular complexity index is 103. The van der Waals surface area contributed by atoms with Crippen molar-refractivity contribution >= 4 is 0 Å². The summed E-state index contributed by atoms with van der Waals surface area (Å²) in [4.78, 5) is 0. The third-order valence-corrected chi connectivity index (χ3v) is 0.896. The van der Waals surface area contributed by atoms with Gasteiger partial charge in [0.25, 0.3) is 0 Å². The van der Waals surface area contributed by atoms with E-state index in [1.807, 2.05) is 6.08 Å². The van der Waals surface area contributed by atoms with Crippen LogP contribution in [0.5, 0.6) is 0 Å². The first-order valence-electron chi connectivity index (χ1n) is 2.35. The highest BCUT2D eigenvalue weighted by atomic mass is 16.5. The Balaban J connectivity index is 2.47. The largest absolute Gasteiger partial charge is 0.494 e. The van der Waals surface area contributed by atoms with Gasteiger partial charge >= 0.3 is 0 Å². The molecule has 0 N–H and O–H groups in total. The van der Waals surface area contributed by atoms with Crippen LogP contribution < -0.4 is 0 Å². The van der Waals surface area contributed by atoms with Crippen LogP contribution in [0.15, 0.2) is 24.5 Å². The highest BCUT2D eigenvalue weighted by molar-refractivity contribution is 5.00. The van der Waals surface area contributed by atoms with E-state index in [2.05, 4.69) is 12.7 Å². The van der Waals surface area contributed by atoms with E-state index in [9.17, 15) is 0 Å². The Labute approximate surface area is 43.3 Å². The van der Waals surface area contributed by atoms with Gasteiger partial charge in [0.05, 0.1) is 5.76 Å². The van der Waals surface area contributed by atoms with Gasteiger partial charge in [0.2, 0.25) is 0 Å². The summed E-state index contributed by atoms with van der Waals surface area (Å²) in [5.41, 5.74) is 0. The second kappa shape index (κ2) is 1.82. The fraction of sp³-hybridized carbons (Fsp3) is 0.333. The first-order chi connectivity index (χ1) is 3.39. The molecule has 0 aliphatic carbocycles. The SMILES string of the molecule is C=C1CC=CCO1. The molecule has 1 nitrogen and oxygen atoms in total. The van der Waals surface area contributed by atoms with Gasteiger partial charge in [0.1, 0.15) is 6.61 Å². The van der Waals surface area contributed by atoms with E-state index < -0.39 is 0 Å². The molecule has 0 spiro atoms. The predicted molar refractivity (Wildman–Crippen MR) is 28.8 cm³/mol. The topological polar surface area (TPSA) is 9.23 Å². The van der Waals surface area contributed by atoms with Crippen LogP contribution in [0.25, 0.3) is 0 Å². The average molecular weight is 96.1 g/mol. The maximum Gasteiger partial charge on any atom is 0.106 e. The molecule has 0 atom stereocenters. The minimum Gasteiger partial charge on any atom is -0.494 e. The summed E-state index contributed by atoms with van der Waals surface area (Å²) in [6.45, 7) is 4.35. The van der Waals surface area contributed by atoms with Crippen LogP contribution in [0.4, 0.5) is 0 Å². The van der Waals surface area contributed by atoms with Crippen LogP contribution in [-0.4, -0.2) is 6.61 Å². The van der Waals surface area contributed by atoms with Crippen LogP contribution in [0, 0.1) is 0 Å². The summed E-state index contributed by atoms with van der Waals surface area (Å²) in [6.07, 6.45) is 4.94. The van der Waals surface area contributed by atoms with Crippen molar-refractivity contribution < 1.29 is 4.74 Å². The fourth-order valence-electron chi connectivity index (χ4n) is 0.508. The standard InChI is InChI=1S/C6H8O/c1-6-4-2-3-5-7-6/h2-3H,1,4-5H2. The molecule has 0 fully saturated rings. The molecule has 0 aromatic rings. The lowest BCUT2D eigenvalue weighted by Crippen LogP contribution is -1.94. The maximum absolute atomic E-state index is 5.00. The van der Waals surface area contributed by atoms with E-state index in [4.69, 9.17) is 4.74 Å². The molecule has 0 aromatic carbocycles. The van der Waals surface area contributed by atoms with Crippen LogP contribution in [-0.2, 0) is 4.74 Å². The molecular formula is C6H8O. The van der Waals surface area contributed by atoms with Gasteiger partial charge in [-0.05, 0) is 0 Å². The molecule has 1 rings (SSSR count). The summed E-state index contributed by atoms with van der Waals surface area (Å²) in [5, 5.41) is 0. The first-order valence-corrected chi connectivity index (χ1v) is 2.35. The monoisotopic (exact) mass is 96.1 g/mol. The van der Waals surface area contributed by atoms with E-state index in [0.717, 1.165) is 12.2 Å². The molecule has 0 bridgehead atoms. The van der Waals surface area contributed by atoms with Gasteiger partial charge in [-0.15, -0.1) is 0 Å². The Hall–Kier alpha value is -0.720. The van der Waals surface area contributed by atoms with Gasteiger partial charge in [0.15, 0.2) is 0 Å². The van der Waals surface area contributed by atoms with Crippen molar-refractivity contribution in [3.63, 3.8) is 0 Å². The summed E-state index contributed by atoms with van der Waals surface area (Å²) < 4.78 is 5.00. The zero-order chi connectivity index (χ0) is 5.11. The van der Waals surface area contributed by atoms with Gasteiger partial charge in [0, 0.05) is 6.42 Å². The summed E-state index contributed by atoms with van der Waals surface area (Å²) in [5.74, 6) is 0.877. The lowest BCUT2D eigenvalue weighted by atomic mass is 10.3. The van der Waals surface area contributed by atoms with E-state index >= 15 is 0 Å². The molecule has 0 amide bonds. The van der Waals surface area contributed by atoms with E-state index in [1.165, 1.54) is 0 Å².